The predicted octanol–water partition coefficient (Wildman–Crippen LogP) is 3.41. The van der Waals surface area contributed by atoms with Crippen LogP contribution in [0.3, 0.4) is 0 Å². The number of carbonyl (C=O) groups excluding carboxylic acids is 1. The number of fused-ring (bicyclic) bond motifs is 1. The molecule has 0 saturated carbocycles. The lowest BCUT2D eigenvalue weighted by Crippen LogP contribution is -2.37. The first-order chi connectivity index (χ1) is 20.3. The predicted molar refractivity (Wildman–Crippen MR) is 151 cm³/mol. The third-order valence-electron chi connectivity index (χ3n) is 7.86. The molecular weight excluding hydrogens is 590 g/mol. The number of hydrogen-bond donors (Lipinski definition) is 2. The van der Waals surface area contributed by atoms with Crippen LogP contribution in [0.1, 0.15) is 45.6 Å². The Bertz CT molecular complexity index is 1600. The summed E-state index contributed by atoms with van der Waals surface area (Å²) in [6, 6.07) is 8.57. The Morgan fingerprint density at radius 3 is 2.49 bits per heavy atom. The molecule has 14 heteroatoms. The second kappa shape index (κ2) is 12.3. The lowest BCUT2D eigenvalue weighted by Gasteiger charge is -2.26. The molecule has 0 bridgehead atoms. The van der Waals surface area contributed by atoms with E-state index in [4.69, 9.17) is 0 Å². The maximum absolute atomic E-state index is 14.1. The van der Waals surface area contributed by atoms with E-state index in [2.05, 4.69) is 15.3 Å². The minimum Gasteiger partial charge on any atom is -0.390 e. The number of alkyl halides is 3. The molecule has 232 valence electrons. The number of carbonyl (C=O) groups is 1. The number of likely N-dealkylation sites (tertiary alicyclic amines) is 1. The summed E-state index contributed by atoms with van der Waals surface area (Å²) in [5.74, 6) is -1.67. The molecule has 43 heavy (non-hydrogen) atoms. The van der Waals surface area contributed by atoms with Crippen molar-refractivity contribution in [3.8, 4) is 11.3 Å². The molecule has 1 fully saturated rings. The quantitative estimate of drug-likeness (QED) is 0.354. The second-order valence-corrected chi connectivity index (χ2v) is 13.0. The van der Waals surface area contributed by atoms with Gasteiger partial charge in [0, 0.05) is 49.4 Å². The summed E-state index contributed by atoms with van der Waals surface area (Å²) in [5.41, 5.74) is 0.318. The van der Waals surface area contributed by atoms with Crippen molar-refractivity contribution in [2.24, 2.45) is 0 Å². The van der Waals surface area contributed by atoms with E-state index < -0.39 is 46.1 Å². The zero-order valence-electron chi connectivity index (χ0n) is 23.6. The summed E-state index contributed by atoms with van der Waals surface area (Å²) >= 11 is 0. The van der Waals surface area contributed by atoms with Crippen molar-refractivity contribution in [1.29, 1.82) is 0 Å². The molecule has 5 rings (SSSR count). The molecule has 1 unspecified atom stereocenters. The van der Waals surface area contributed by atoms with Crippen LogP contribution in [0.4, 0.5) is 17.6 Å². The smallest absolute Gasteiger partial charge is 0.390 e. The Morgan fingerprint density at radius 1 is 1.09 bits per heavy atom. The van der Waals surface area contributed by atoms with Crippen LogP contribution in [0.5, 0.6) is 0 Å². The third kappa shape index (κ3) is 7.08. The first-order valence-corrected chi connectivity index (χ1v) is 15.8. The molecule has 1 saturated heterocycles. The molecule has 9 nitrogen and oxygen atoms in total. The molecule has 2 aliphatic rings. The van der Waals surface area contributed by atoms with E-state index in [-0.39, 0.29) is 30.8 Å². The van der Waals surface area contributed by atoms with Crippen LogP contribution in [0, 0.1) is 5.82 Å². The fourth-order valence-corrected chi connectivity index (χ4v) is 6.52. The summed E-state index contributed by atoms with van der Waals surface area (Å²) in [6.45, 7) is 2.03. The summed E-state index contributed by atoms with van der Waals surface area (Å²) in [6.07, 6.45) is -1.95. The average Bonchev–Trinajstić information content (AvgIpc) is 3.58. The average molecular weight is 624 g/mol. The van der Waals surface area contributed by atoms with Crippen LogP contribution in [0.15, 0.2) is 42.5 Å². The van der Waals surface area contributed by atoms with E-state index >= 15 is 0 Å². The van der Waals surface area contributed by atoms with E-state index in [0.29, 0.717) is 35.5 Å². The number of nitrogens with zero attached hydrogens (tertiary/aromatic N) is 4. The topological polar surface area (TPSA) is 108 Å². The number of nitrogens with one attached hydrogen (secondary N) is 1. The van der Waals surface area contributed by atoms with Crippen LogP contribution in [0.25, 0.3) is 11.3 Å². The van der Waals surface area contributed by atoms with Gasteiger partial charge in [-0.05, 0) is 55.8 Å². The maximum atomic E-state index is 14.1. The first kappa shape index (κ1) is 31.1. The highest BCUT2D eigenvalue weighted by Crippen LogP contribution is 2.37. The minimum absolute atomic E-state index is 0.0217. The molecular formula is C29H33F4N5O4S. The SMILES string of the molecule is CS(=O)(=O)N1CCc2c(c(-c3ccc(C(F)(F)F)c(CNC(=O)c4ccccc4F)c3)nn2CC(O)CN2CCCC2)C1. The van der Waals surface area contributed by atoms with Crippen molar-refractivity contribution in [1.82, 2.24) is 24.3 Å². The van der Waals surface area contributed by atoms with Crippen LogP contribution in [0.2, 0.25) is 0 Å². The normalized spacial score (nSPS) is 17.2. The number of rotatable bonds is 9. The fraction of sp³-hybridized carbons (Fsp3) is 0.448. The highest BCUT2D eigenvalue weighted by molar-refractivity contribution is 7.88. The summed E-state index contributed by atoms with van der Waals surface area (Å²) in [5, 5.41) is 17.9. The molecule has 2 N–H and O–H groups in total. The van der Waals surface area contributed by atoms with Crippen LogP contribution >= 0.6 is 0 Å². The molecule has 1 atom stereocenters. The zero-order valence-corrected chi connectivity index (χ0v) is 24.4. The molecule has 3 aromatic rings. The van der Waals surface area contributed by atoms with Gasteiger partial charge in [-0.3, -0.25) is 9.48 Å². The largest absolute Gasteiger partial charge is 0.416 e. The van der Waals surface area contributed by atoms with Crippen LogP contribution < -0.4 is 5.32 Å². The highest BCUT2D eigenvalue weighted by Gasteiger charge is 2.35. The monoisotopic (exact) mass is 623 g/mol. The van der Waals surface area contributed by atoms with E-state index in [0.717, 1.165) is 44.3 Å². The molecule has 0 radical (unpaired) electrons. The van der Waals surface area contributed by atoms with Crippen LogP contribution in [-0.2, 0) is 42.3 Å². The number of halogens is 4. The van der Waals surface area contributed by atoms with Gasteiger partial charge < -0.3 is 15.3 Å². The Hall–Kier alpha value is -3.33. The van der Waals surface area contributed by atoms with Gasteiger partial charge in [0.25, 0.3) is 5.91 Å². The molecule has 0 aliphatic carbocycles. The summed E-state index contributed by atoms with van der Waals surface area (Å²) in [4.78, 5) is 14.7. The number of hydrogen-bond acceptors (Lipinski definition) is 6. The lowest BCUT2D eigenvalue weighted by molar-refractivity contribution is -0.138. The Labute approximate surface area is 247 Å². The van der Waals surface area contributed by atoms with Crippen molar-refractivity contribution >= 4 is 15.9 Å². The summed E-state index contributed by atoms with van der Waals surface area (Å²) in [7, 11) is -3.57. The molecule has 3 heterocycles. The van der Waals surface area contributed by atoms with E-state index in [9.17, 15) is 35.9 Å². The Morgan fingerprint density at radius 2 is 1.81 bits per heavy atom. The maximum Gasteiger partial charge on any atom is 0.416 e. The number of benzene rings is 2. The number of β-amino-alcohol motifs (C(OH)–C–C–N with tert-alkyl or cyclic N) is 1. The second-order valence-electron chi connectivity index (χ2n) is 11.0. The van der Waals surface area contributed by atoms with Gasteiger partial charge in [0.15, 0.2) is 0 Å². The zero-order chi connectivity index (χ0) is 30.9. The van der Waals surface area contributed by atoms with E-state index in [1.54, 1.807) is 4.68 Å². The van der Waals surface area contributed by atoms with E-state index in [1.165, 1.54) is 34.6 Å². The minimum atomic E-state index is -4.73. The first-order valence-electron chi connectivity index (χ1n) is 14.0. The van der Waals surface area contributed by atoms with Crippen LogP contribution in [-0.4, -0.2) is 77.0 Å². The van der Waals surface area contributed by atoms with Crippen molar-refractivity contribution < 1.29 is 35.9 Å². The van der Waals surface area contributed by atoms with Crippen molar-refractivity contribution in [3.05, 3.63) is 76.2 Å². The van der Waals surface area contributed by atoms with Gasteiger partial charge >= 0.3 is 6.18 Å². The molecule has 2 aromatic carbocycles. The number of aromatic nitrogens is 2. The van der Waals surface area contributed by atoms with Gasteiger partial charge in [0.2, 0.25) is 10.0 Å². The number of sulfonamides is 1. The van der Waals surface area contributed by atoms with Gasteiger partial charge in [-0.25, -0.2) is 12.8 Å². The highest BCUT2D eigenvalue weighted by atomic mass is 32.2. The lowest BCUT2D eigenvalue weighted by atomic mass is 9.97. The molecule has 0 spiro atoms. The van der Waals surface area contributed by atoms with Gasteiger partial charge in [-0.1, -0.05) is 18.2 Å². The fourth-order valence-electron chi connectivity index (χ4n) is 5.73. The molecule has 2 aliphatic heterocycles. The van der Waals surface area contributed by atoms with Crippen molar-refractivity contribution in [2.45, 2.75) is 51.2 Å². The van der Waals surface area contributed by atoms with Gasteiger partial charge in [-0.2, -0.15) is 22.6 Å². The molecule has 1 aromatic heterocycles. The van der Waals surface area contributed by atoms with Crippen molar-refractivity contribution in [3.63, 3.8) is 0 Å². The van der Waals surface area contributed by atoms with Gasteiger partial charge in [0.1, 0.15) is 5.82 Å². The number of amides is 1. The van der Waals surface area contributed by atoms with Gasteiger partial charge in [-0.15, -0.1) is 0 Å². The Kier molecular flexibility index (Phi) is 8.93. The number of aliphatic hydroxyl groups excluding tert-OH is 1. The number of aliphatic hydroxyl groups is 1. The standard InChI is InChI=1S/C29H33F4N5O4S/c1-43(41,42)37-13-10-26-23(18-37)27(35-38(26)17-21(39)16-36-11-4-5-12-36)19-8-9-24(29(31,32)33)20(14-19)15-34-28(40)22-6-2-3-7-25(22)30/h2-3,6-9,14,21,39H,4-5,10-13,15-18H2,1H3,(H,34,40). The molecule has 1 amide bonds. The van der Waals surface area contributed by atoms with Crippen molar-refractivity contribution in [2.75, 3.05) is 32.4 Å². The van der Waals surface area contributed by atoms with E-state index in [1.807, 2.05) is 0 Å². The summed E-state index contributed by atoms with van der Waals surface area (Å²) < 4.78 is 83.7. The third-order valence-corrected chi connectivity index (χ3v) is 9.11. The Balaban J connectivity index is 1.49. The van der Waals surface area contributed by atoms with Gasteiger partial charge in [0.05, 0.1) is 35.7 Å².